The molecule has 0 aliphatic heterocycles. The second-order valence-electron chi connectivity index (χ2n) is 3.07. The molecule has 2 N–H and O–H groups in total. The van der Waals surface area contributed by atoms with E-state index >= 15 is 0 Å². The van der Waals surface area contributed by atoms with Crippen molar-refractivity contribution in [2.75, 3.05) is 0 Å². The molecule has 0 saturated heterocycles. The Hall–Kier alpha value is -2.10. The van der Waals surface area contributed by atoms with E-state index < -0.39 is 5.97 Å². The van der Waals surface area contributed by atoms with Crippen LogP contribution in [0.25, 0.3) is 6.08 Å². The zero-order valence-electron chi connectivity index (χ0n) is 8.10. The van der Waals surface area contributed by atoms with Crippen molar-refractivity contribution in [3.63, 3.8) is 0 Å². The van der Waals surface area contributed by atoms with Crippen molar-refractivity contribution < 1.29 is 19.8 Å². The molecule has 0 heterocycles. The average molecular weight is 206 g/mol. The summed E-state index contributed by atoms with van der Waals surface area (Å²) in [5, 5.41) is 17.8. The molecule has 78 valence electrons. The molecular formula is C11H10O4. The Morgan fingerprint density at radius 3 is 2.60 bits per heavy atom. The minimum atomic E-state index is -1.02. The second kappa shape index (κ2) is 4.41. The smallest absolute Gasteiger partial charge is 0.331 e. The van der Waals surface area contributed by atoms with Gasteiger partial charge in [-0.3, -0.25) is 4.79 Å². The first kappa shape index (κ1) is 11.0. The molecule has 0 atom stereocenters. The Morgan fingerprint density at radius 1 is 1.40 bits per heavy atom. The number of aromatic hydroxyl groups is 1. The van der Waals surface area contributed by atoms with E-state index in [2.05, 4.69) is 0 Å². The molecule has 0 saturated carbocycles. The fourth-order valence-electron chi connectivity index (χ4n) is 1.07. The van der Waals surface area contributed by atoms with Gasteiger partial charge in [0.15, 0.2) is 6.29 Å². The van der Waals surface area contributed by atoms with Gasteiger partial charge in [0.25, 0.3) is 0 Å². The molecule has 0 spiro atoms. The zero-order valence-corrected chi connectivity index (χ0v) is 8.10. The van der Waals surface area contributed by atoms with Gasteiger partial charge in [-0.1, -0.05) is 6.07 Å². The number of aliphatic carboxylic acids is 1. The number of hydrogen-bond donors (Lipinski definition) is 2. The molecule has 0 amide bonds. The topological polar surface area (TPSA) is 74.6 Å². The third kappa shape index (κ3) is 2.67. The van der Waals surface area contributed by atoms with E-state index in [1.165, 1.54) is 31.2 Å². The maximum Gasteiger partial charge on any atom is 0.331 e. The summed E-state index contributed by atoms with van der Waals surface area (Å²) in [4.78, 5) is 21.0. The number of carboxylic acid groups (broad SMARTS) is 1. The molecule has 1 aromatic carbocycles. The molecule has 0 fully saturated rings. The van der Waals surface area contributed by atoms with Gasteiger partial charge >= 0.3 is 5.97 Å². The largest absolute Gasteiger partial charge is 0.507 e. The number of rotatable bonds is 3. The summed E-state index contributed by atoms with van der Waals surface area (Å²) in [5.74, 6) is -1.13. The molecule has 0 unspecified atom stereocenters. The van der Waals surface area contributed by atoms with Crippen LogP contribution in [0, 0.1) is 0 Å². The van der Waals surface area contributed by atoms with Crippen LogP contribution in [0.4, 0.5) is 0 Å². The molecule has 0 aliphatic rings. The van der Waals surface area contributed by atoms with Crippen molar-refractivity contribution in [2.24, 2.45) is 0 Å². The standard InChI is InChI=1S/C11H10O4/c1-7(11(14)15)4-8-2-3-10(13)9(5-8)6-12/h2-6,13H,1H3,(H,14,15). The molecular weight excluding hydrogens is 196 g/mol. The van der Waals surface area contributed by atoms with Gasteiger partial charge in [-0.15, -0.1) is 0 Å². The van der Waals surface area contributed by atoms with Crippen molar-refractivity contribution in [3.05, 3.63) is 34.9 Å². The van der Waals surface area contributed by atoms with E-state index in [4.69, 9.17) is 5.11 Å². The number of carboxylic acids is 1. The van der Waals surface area contributed by atoms with Crippen molar-refractivity contribution in [2.45, 2.75) is 6.92 Å². The first-order chi connectivity index (χ1) is 7.04. The average Bonchev–Trinajstić information content (AvgIpc) is 2.20. The van der Waals surface area contributed by atoms with Crippen LogP contribution in [0.3, 0.4) is 0 Å². The zero-order chi connectivity index (χ0) is 11.4. The SMILES string of the molecule is CC(=Cc1ccc(O)c(C=O)c1)C(=O)O. The minimum Gasteiger partial charge on any atom is -0.507 e. The summed E-state index contributed by atoms with van der Waals surface area (Å²) in [6.07, 6.45) is 1.94. The van der Waals surface area contributed by atoms with Crippen molar-refractivity contribution in [1.29, 1.82) is 0 Å². The lowest BCUT2D eigenvalue weighted by atomic mass is 10.1. The van der Waals surface area contributed by atoms with Gasteiger partial charge in [0.1, 0.15) is 5.75 Å². The van der Waals surface area contributed by atoms with E-state index in [1.807, 2.05) is 0 Å². The number of hydrogen-bond acceptors (Lipinski definition) is 3. The van der Waals surface area contributed by atoms with E-state index in [0.29, 0.717) is 11.8 Å². The number of benzene rings is 1. The van der Waals surface area contributed by atoms with E-state index in [1.54, 1.807) is 0 Å². The van der Waals surface area contributed by atoms with Crippen LogP contribution < -0.4 is 0 Å². The third-order valence-corrected chi connectivity index (χ3v) is 1.90. The van der Waals surface area contributed by atoms with Crippen LogP contribution in [0.5, 0.6) is 5.75 Å². The monoisotopic (exact) mass is 206 g/mol. The normalized spacial score (nSPS) is 11.1. The molecule has 4 nitrogen and oxygen atoms in total. The van der Waals surface area contributed by atoms with Crippen LogP contribution in [-0.4, -0.2) is 22.5 Å². The highest BCUT2D eigenvalue weighted by Gasteiger charge is 2.03. The lowest BCUT2D eigenvalue weighted by Gasteiger charge is -1.99. The fraction of sp³-hybridized carbons (Fsp3) is 0.0909. The quantitative estimate of drug-likeness (QED) is 0.583. The van der Waals surface area contributed by atoms with E-state index in [0.717, 1.165) is 0 Å². The summed E-state index contributed by atoms with van der Waals surface area (Å²) >= 11 is 0. The highest BCUT2D eigenvalue weighted by Crippen LogP contribution is 2.18. The molecule has 1 aromatic rings. The number of phenols is 1. The Balaban J connectivity index is 3.12. The Kier molecular flexibility index (Phi) is 3.23. The van der Waals surface area contributed by atoms with Gasteiger partial charge in [-0.05, 0) is 30.7 Å². The van der Waals surface area contributed by atoms with Crippen molar-refractivity contribution in [1.82, 2.24) is 0 Å². The number of phenolic OH excluding ortho intramolecular Hbond substituents is 1. The number of carbonyl (C=O) groups is 2. The van der Waals surface area contributed by atoms with Crippen LogP contribution in [-0.2, 0) is 4.79 Å². The predicted molar refractivity (Wildman–Crippen MR) is 54.8 cm³/mol. The summed E-state index contributed by atoms with van der Waals surface area (Å²) in [7, 11) is 0. The van der Waals surface area contributed by atoms with Gasteiger partial charge in [-0.25, -0.2) is 4.79 Å². The Bertz CT molecular complexity index is 432. The van der Waals surface area contributed by atoms with Gasteiger partial charge in [0, 0.05) is 5.57 Å². The van der Waals surface area contributed by atoms with Gasteiger partial charge in [0.05, 0.1) is 5.56 Å². The first-order valence-electron chi connectivity index (χ1n) is 4.24. The van der Waals surface area contributed by atoms with Crippen LogP contribution in [0.1, 0.15) is 22.8 Å². The fourth-order valence-corrected chi connectivity index (χ4v) is 1.07. The highest BCUT2D eigenvalue weighted by molar-refractivity contribution is 5.92. The molecule has 0 aliphatic carbocycles. The van der Waals surface area contributed by atoms with Crippen molar-refractivity contribution >= 4 is 18.3 Å². The van der Waals surface area contributed by atoms with Gasteiger partial charge in [0.2, 0.25) is 0 Å². The Morgan fingerprint density at radius 2 is 2.07 bits per heavy atom. The summed E-state index contributed by atoms with van der Waals surface area (Å²) in [5.41, 5.74) is 0.870. The maximum absolute atomic E-state index is 10.5. The predicted octanol–water partition coefficient (Wildman–Crippen LogP) is 1.69. The molecule has 0 bridgehead atoms. The first-order valence-corrected chi connectivity index (χ1v) is 4.24. The molecule has 4 heteroatoms. The number of carbonyl (C=O) groups excluding carboxylic acids is 1. The minimum absolute atomic E-state index is 0.116. The van der Waals surface area contributed by atoms with E-state index in [-0.39, 0.29) is 16.9 Å². The number of aldehydes is 1. The lowest BCUT2D eigenvalue weighted by Crippen LogP contribution is -1.95. The third-order valence-electron chi connectivity index (χ3n) is 1.90. The van der Waals surface area contributed by atoms with Crippen LogP contribution in [0.2, 0.25) is 0 Å². The van der Waals surface area contributed by atoms with Gasteiger partial charge < -0.3 is 10.2 Å². The summed E-state index contributed by atoms with van der Waals surface area (Å²) < 4.78 is 0. The highest BCUT2D eigenvalue weighted by atomic mass is 16.4. The summed E-state index contributed by atoms with van der Waals surface area (Å²) in [6, 6.07) is 4.31. The van der Waals surface area contributed by atoms with E-state index in [9.17, 15) is 14.7 Å². The molecule has 1 rings (SSSR count). The summed E-state index contributed by atoms with van der Waals surface area (Å²) in [6.45, 7) is 1.45. The molecule has 0 aromatic heterocycles. The molecule has 0 radical (unpaired) electrons. The maximum atomic E-state index is 10.5. The van der Waals surface area contributed by atoms with Crippen molar-refractivity contribution in [3.8, 4) is 5.75 Å². The van der Waals surface area contributed by atoms with Crippen LogP contribution >= 0.6 is 0 Å². The lowest BCUT2D eigenvalue weighted by molar-refractivity contribution is -0.132. The van der Waals surface area contributed by atoms with Gasteiger partial charge in [-0.2, -0.15) is 0 Å². The van der Waals surface area contributed by atoms with Crippen LogP contribution in [0.15, 0.2) is 23.8 Å². The Labute approximate surface area is 86.5 Å². The molecule has 15 heavy (non-hydrogen) atoms. The second-order valence-corrected chi connectivity index (χ2v) is 3.07.